The Labute approximate surface area is 182 Å². The number of methoxy groups -OCH3 is 1. The Hall–Kier alpha value is -2.54. The number of ether oxygens (including phenoxy) is 2. The minimum absolute atomic E-state index is 0.0451. The Morgan fingerprint density at radius 3 is 2.63 bits per heavy atom. The predicted octanol–water partition coefficient (Wildman–Crippen LogP) is 3.77. The first-order chi connectivity index (χ1) is 14.4. The molecule has 1 aromatic carbocycles. The lowest BCUT2D eigenvalue weighted by molar-refractivity contribution is -0.142. The van der Waals surface area contributed by atoms with Crippen molar-refractivity contribution in [1.82, 2.24) is 9.80 Å². The first kappa shape index (κ1) is 22.2. The van der Waals surface area contributed by atoms with Gasteiger partial charge >= 0.3 is 0 Å². The smallest absolute Gasteiger partial charge is 0.242 e. The van der Waals surface area contributed by atoms with E-state index in [0.717, 1.165) is 12.0 Å². The normalized spacial score (nSPS) is 15.6. The van der Waals surface area contributed by atoms with Crippen molar-refractivity contribution in [3.05, 3.63) is 46.2 Å². The lowest BCUT2D eigenvalue weighted by atomic mass is 10.0. The van der Waals surface area contributed by atoms with E-state index < -0.39 is 0 Å². The highest BCUT2D eigenvalue weighted by atomic mass is 32.1. The summed E-state index contributed by atoms with van der Waals surface area (Å²) in [7, 11) is 1.61. The monoisotopic (exact) mass is 430 g/mol. The van der Waals surface area contributed by atoms with Crippen LogP contribution in [0.2, 0.25) is 0 Å². The van der Waals surface area contributed by atoms with Gasteiger partial charge in [-0.1, -0.05) is 26.0 Å². The maximum Gasteiger partial charge on any atom is 0.242 e. The number of carbonyl (C=O) groups is 2. The Kier molecular flexibility index (Phi) is 7.37. The summed E-state index contributed by atoms with van der Waals surface area (Å²) in [6.07, 6.45) is 0.828. The Bertz CT molecular complexity index is 880. The molecule has 2 amide bonds. The summed E-state index contributed by atoms with van der Waals surface area (Å²) in [4.78, 5) is 30.0. The summed E-state index contributed by atoms with van der Waals surface area (Å²) in [6, 6.07) is 9.39. The summed E-state index contributed by atoms with van der Waals surface area (Å²) in [5, 5.41) is 2.06. The van der Waals surface area contributed by atoms with Crippen molar-refractivity contribution in [2.75, 3.05) is 33.4 Å². The van der Waals surface area contributed by atoms with Crippen LogP contribution < -0.4 is 9.47 Å². The molecule has 0 unspecified atom stereocenters. The van der Waals surface area contributed by atoms with Crippen molar-refractivity contribution < 1.29 is 19.1 Å². The quantitative estimate of drug-likeness (QED) is 0.640. The number of carbonyl (C=O) groups excluding carboxylic acids is 2. The average Bonchev–Trinajstić information content (AvgIpc) is 3.20. The van der Waals surface area contributed by atoms with Gasteiger partial charge < -0.3 is 19.3 Å². The van der Waals surface area contributed by atoms with E-state index in [0.29, 0.717) is 37.1 Å². The highest BCUT2D eigenvalue weighted by molar-refractivity contribution is 7.10. The van der Waals surface area contributed by atoms with Gasteiger partial charge in [0, 0.05) is 24.9 Å². The fraction of sp³-hybridized carbons (Fsp3) is 0.478. The van der Waals surface area contributed by atoms with Crippen LogP contribution in [0.3, 0.4) is 0 Å². The van der Waals surface area contributed by atoms with Crippen LogP contribution in [-0.2, 0) is 16.0 Å². The minimum Gasteiger partial charge on any atom is -0.493 e. The van der Waals surface area contributed by atoms with Crippen molar-refractivity contribution in [3.63, 3.8) is 0 Å². The van der Waals surface area contributed by atoms with Crippen LogP contribution in [0.4, 0.5) is 0 Å². The van der Waals surface area contributed by atoms with Crippen LogP contribution >= 0.6 is 11.3 Å². The van der Waals surface area contributed by atoms with Gasteiger partial charge in [-0.15, -0.1) is 11.3 Å². The van der Waals surface area contributed by atoms with E-state index >= 15 is 0 Å². The largest absolute Gasteiger partial charge is 0.493 e. The van der Waals surface area contributed by atoms with Crippen LogP contribution in [0.1, 0.15) is 37.3 Å². The topological polar surface area (TPSA) is 59.1 Å². The molecule has 0 aliphatic carbocycles. The molecule has 2 aromatic rings. The van der Waals surface area contributed by atoms with Crippen molar-refractivity contribution in [2.45, 2.75) is 33.2 Å². The molecule has 0 fully saturated rings. The van der Waals surface area contributed by atoms with Crippen LogP contribution in [0, 0.1) is 5.92 Å². The number of hydrogen-bond acceptors (Lipinski definition) is 5. The van der Waals surface area contributed by atoms with Gasteiger partial charge in [0.2, 0.25) is 11.8 Å². The van der Waals surface area contributed by atoms with E-state index in [2.05, 4.69) is 11.4 Å². The third-order valence-electron chi connectivity index (χ3n) is 5.24. The second-order valence-corrected chi connectivity index (χ2v) is 8.91. The van der Waals surface area contributed by atoms with Gasteiger partial charge in [-0.25, -0.2) is 0 Å². The number of hydrogen-bond donors (Lipinski definition) is 0. The van der Waals surface area contributed by atoms with Gasteiger partial charge in [-0.3, -0.25) is 9.59 Å². The molecule has 6 nitrogen and oxygen atoms in total. The van der Waals surface area contributed by atoms with Crippen molar-refractivity contribution in [1.29, 1.82) is 0 Å². The molecule has 0 N–H and O–H groups in total. The lowest BCUT2D eigenvalue weighted by Crippen LogP contribution is -2.48. The molecule has 3 rings (SSSR count). The van der Waals surface area contributed by atoms with Crippen molar-refractivity contribution in [3.8, 4) is 11.5 Å². The van der Waals surface area contributed by atoms with Gasteiger partial charge in [0.1, 0.15) is 6.61 Å². The van der Waals surface area contributed by atoms with Crippen LogP contribution in [-0.4, -0.2) is 55.0 Å². The number of nitrogens with zero attached hydrogens (tertiary/aromatic N) is 2. The molecule has 1 atom stereocenters. The Balaban J connectivity index is 1.78. The van der Waals surface area contributed by atoms with Crippen molar-refractivity contribution in [2.24, 2.45) is 5.92 Å². The summed E-state index contributed by atoms with van der Waals surface area (Å²) < 4.78 is 11.5. The number of rotatable bonds is 8. The molecular weight excluding hydrogens is 400 g/mol. The first-order valence-electron chi connectivity index (χ1n) is 10.3. The molecule has 1 aromatic heterocycles. The molecule has 0 saturated carbocycles. The average molecular weight is 431 g/mol. The molecule has 30 heavy (non-hydrogen) atoms. The molecule has 1 aliphatic heterocycles. The fourth-order valence-corrected chi connectivity index (χ4v) is 4.71. The zero-order valence-electron chi connectivity index (χ0n) is 18.1. The van der Waals surface area contributed by atoms with E-state index in [9.17, 15) is 9.59 Å². The molecule has 0 saturated heterocycles. The third kappa shape index (κ3) is 5.14. The van der Waals surface area contributed by atoms with Gasteiger partial charge in [0.05, 0.1) is 19.7 Å². The van der Waals surface area contributed by atoms with Gasteiger partial charge in [0.25, 0.3) is 0 Å². The molecule has 162 valence electrons. The Morgan fingerprint density at radius 1 is 1.23 bits per heavy atom. The Morgan fingerprint density at radius 2 is 1.97 bits per heavy atom. The summed E-state index contributed by atoms with van der Waals surface area (Å²) in [6.45, 7) is 7.23. The number of para-hydroxylation sites is 2. The summed E-state index contributed by atoms with van der Waals surface area (Å²) >= 11 is 1.72. The zero-order chi connectivity index (χ0) is 21.7. The number of amides is 2. The predicted molar refractivity (Wildman–Crippen MR) is 118 cm³/mol. The molecule has 2 heterocycles. The van der Waals surface area contributed by atoms with E-state index in [1.807, 2.05) is 43.0 Å². The van der Waals surface area contributed by atoms with E-state index in [4.69, 9.17) is 9.47 Å². The SMILES string of the molecule is COc1ccccc1OC[C@@H]1c2ccsc2CCN1C(=O)CN(CC(C)C)C(C)=O. The van der Waals surface area contributed by atoms with E-state index in [-0.39, 0.29) is 24.4 Å². The van der Waals surface area contributed by atoms with E-state index in [1.54, 1.807) is 23.3 Å². The standard InChI is InChI=1S/C23H30N2O4S/c1-16(2)13-24(17(3)26)14-23(27)25-11-9-22-18(10-12-30-22)19(25)15-29-21-8-6-5-7-20(21)28-4/h5-8,10,12,16,19H,9,11,13-15H2,1-4H3/t19-/m1/s1. The van der Waals surface area contributed by atoms with Gasteiger partial charge in [-0.2, -0.15) is 0 Å². The summed E-state index contributed by atoms with van der Waals surface area (Å²) in [5.74, 6) is 1.50. The maximum absolute atomic E-state index is 13.2. The number of fused-ring (bicyclic) bond motifs is 1. The molecular formula is C23H30N2O4S. The third-order valence-corrected chi connectivity index (χ3v) is 6.23. The second-order valence-electron chi connectivity index (χ2n) is 7.91. The first-order valence-corrected chi connectivity index (χ1v) is 11.2. The second kappa shape index (κ2) is 9.98. The van der Waals surface area contributed by atoms with Gasteiger partial charge in [0.15, 0.2) is 11.5 Å². The summed E-state index contributed by atoms with van der Waals surface area (Å²) in [5.41, 5.74) is 1.13. The van der Waals surface area contributed by atoms with Crippen molar-refractivity contribution >= 4 is 23.2 Å². The van der Waals surface area contributed by atoms with Crippen LogP contribution in [0.15, 0.2) is 35.7 Å². The zero-order valence-corrected chi connectivity index (χ0v) is 18.9. The molecule has 1 aliphatic rings. The van der Waals surface area contributed by atoms with E-state index in [1.165, 1.54) is 11.8 Å². The van der Waals surface area contributed by atoms with Gasteiger partial charge in [-0.05, 0) is 41.5 Å². The number of thiophene rings is 1. The van der Waals surface area contributed by atoms with Crippen LogP contribution in [0.25, 0.3) is 0 Å². The molecule has 0 spiro atoms. The molecule has 7 heteroatoms. The molecule has 0 radical (unpaired) electrons. The minimum atomic E-state index is -0.190. The maximum atomic E-state index is 13.2. The fourth-order valence-electron chi connectivity index (χ4n) is 3.78. The van der Waals surface area contributed by atoms with Crippen LogP contribution in [0.5, 0.6) is 11.5 Å². The molecule has 0 bridgehead atoms. The lowest BCUT2D eigenvalue weighted by Gasteiger charge is -2.37. The number of benzene rings is 1. The highest BCUT2D eigenvalue weighted by Gasteiger charge is 2.33. The highest BCUT2D eigenvalue weighted by Crippen LogP contribution is 2.35.